The zero-order valence-corrected chi connectivity index (χ0v) is 12.0. The third-order valence-corrected chi connectivity index (χ3v) is 3.84. The first-order valence-electron chi connectivity index (χ1n) is 6.62. The van der Waals surface area contributed by atoms with E-state index in [0.717, 1.165) is 0 Å². The number of carbonyl (C=O) groups is 2. The number of hydrogen-bond donors (Lipinski definition) is 2. The number of phenolic OH excluding ortho intramolecular Hbond substituents is 1. The smallest absolute Gasteiger partial charge is 0.229 e. The van der Waals surface area contributed by atoms with Gasteiger partial charge in [-0.3, -0.25) is 9.59 Å². The molecule has 0 bridgehead atoms. The first kappa shape index (κ1) is 14.3. The number of carbonyl (C=O) groups excluding carboxylic acids is 2. The molecule has 0 unspecified atom stereocenters. The van der Waals surface area contributed by atoms with E-state index in [0.29, 0.717) is 5.57 Å². The molecule has 1 aliphatic carbocycles. The molecule has 6 heteroatoms. The summed E-state index contributed by atoms with van der Waals surface area (Å²) in [4.78, 5) is 25.1. The van der Waals surface area contributed by atoms with Crippen LogP contribution in [0.15, 0.2) is 35.6 Å². The molecule has 6 nitrogen and oxygen atoms in total. The van der Waals surface area contributed by atoms with Crippen molar-refractivity contribution < 1.29 is 29.3 Å². The van der Waals surface area contributed by atoms with Crippen LogP contribution >= 0.6 is 0 Å². The van der Waals surface area contributed by atoms with Crippen molar-refractivity contribution in [3.63, 3.8) is 0 Å². The predicted molar refractivity (Wildman–Crippen MR) is 76.0 cm³/mol. The molecule has 1 aromatic rings. The van der Waals surface area contributed by atoms with Gasteiger partial charge in [-0.2, -0.15) is 0 Å². The molecule has 2 atom stereocenters. The molecule has 0 aromatic heterocycles. The Morgan fingerprint density at radius 1 is 1.32 bits per heavy atom. The van der Waals surface area contributed by atoms with E-state index in [1.54, 1.807) is 6.92 Å². The standard InChI is InChI=1S/C16H14O6/c1-6(2)15-14(20)10-13(19)9-7(11(17)16(10)22-15)4-5-8(21-3)12(9)18/h4-5,14-15,18,20H,1H2,2-3H3/t14-,15-/m0/s1. The van der Waals surface area contributed by atoms with Crippen LogP contribution in [0.1, 0.15) is 27.6 Å². The Bertz CT molecular complexity index is 758. The Hall–Kier alpha value is -2.60. The highest BCUT2D eigenvalue weighted by Gasteiger charge is 2.47. The van der Waals surface area contributed by atoms with E-state index in [4.69, 9.17) is 9.47 Å². The summed E-state index contributed by atoms with van der Waals surface area (Å²) in [6, 6.07) is 2.79. The number of rotatable bonds is 2. The van der Waals surface area contributed by atoms with E-state index in [1.807, 2.05) is 0 Å². The molecule has 0 saturated carbocycles. The van der Waals surface area contributed by atoms with Gasteiger partial charge in [0.2, 0.25) is 5.78 Å². The number of aliphatic hydroxyl groups excluding tert-OH is 1. The highest BCUT2D eigenvalue weighted by Crippen LogP contribution is 2.43. The summed E-state index contributed by atoms with van der Waals surface area (Å²) >= 11 is 0. The van der Waals surface area contributed by atoms with Crippen molar-refractivity contribution in [3.05, 3.63) is 46.7 Å². The highest BCUT2D eigenvalue weighted by atomic mass is 16.5. The van der Waals surface area contributed by atoms with Crippen LogP contribution in [0.5, 0.6) is 11.5 Å². The molecule has 1 aromatic carbocycles. The Balaban J connectivity index is 2.18. The first-order valence-corrected chi connectivity index (χ1v) is 6.62. The molecular formula is C16H14O6. The average Bonchev–Trinajstić information content (AvgIpc) is 2.83. The fourth-order valence-corrected chi connectivity index (χ4v) is 2.74. The summed E-state index contributed by atoms with van der Waals surface area (Å²) in [6.07, 6.45) is -2.14. The van der Waals surface area contributed by atoms with Gasteiger partial charge in [-0.05, 0) is 24.6 Å². The van der Waals surface area contributed by atoms with Crippen molar-refractivity contribution in [1.82, 2.24) is 0 Å². The lowest BCUT2D eigenvalue weighted by atomic mass is 9.85. The number of allylic oxidation sites excluding steroid dienone is 1. The van der Waals surface area contributed by atoms with Gasteiger partial charge >= 0.3 is 0 Å². The maximum atomic E-state index is 12.6. The van der Waals surface area contributed by atoms with Crippen molar-refractivity contribution in [2.45, 2.75) is 19.1 Å². The molecule has 1 aliphatic heterocycles. The van der Waals surface area contributed by atoms with E-state index >= 15 is 0 Å². The average molecular weight is 302 g/mol. The Labute approximate surface area is 126 Å². The molecule has 0 spiro atoms. The van der Waals surface area contributed by atoms with Crippen LogP contribution < -0.4 is 4.74 Å². The molecule has 0 saturated heterocycles. The van der Waals surface area contributed by atoms with Crippen LogP contribution in [0.3, 0.4) is 0 Å². The summed E-state index contributed by atoms with van der Waals surface area (Å²) < 4.78 is 10.4. The van der Waals surface area contributed by atoms with Gasteiger partial charge in [-0.15, -0.1) is 0 Å². The van der Waals surface area contributed by atoms with E-state index < -0.39 is 29.5 Å². The third kappa shape index (κ3) is 1.70. The molecule has 114 valence electrons. The van der Waals surface area contributed by atoms with E-state index in [-0.39, 0.29) is 28.2 Å². The van der Waals surface area contributed by atoms with Gasteiger partial charge in [0.25, 0.3) is 0 Å². The molecule has 22 heavy (non-hydrogen) atoms. The molecule has 2 aliphatic rings. The summed E-state index contributed by atoms with van der Waals surface area (Å²) in [6.45, 7) is 5.32. The minimum Gasteiger partial charge on any atom is -0.504 e. The number of ketones is 2. The number of phenols is 1. The second-order valence-corrected chi connectivity index (χ2v) is 5.27. The maximum Gasteiger partial charge on any atom is 0.229 e. The number of fused-ring (bicyclic) bond motifs is 1. The summed E-state index contributed by atoms with van der Waals surface area (Å²) in [5.41, 5.74) is 0.201. The number of methoxy groups -OCH3 is 1. The number of Topliss-reactive ketones (excluding diaryl/α,β-unsaturated/α-hetero) is 2. The number of aliphatic hydroxyl groups is 1. The topological polar surface area (TPSA) is 93.1 Å². The van der Waals surface area contributed by atoms with E-state index in [1.165, 1.54) is 19.2 Å². The Kier molecular flexibility index (Phi) is 3.07. The van der Waals surface area contributed by atoms with Crippen LogP contribution in [0.4, 0.5) is 0 Å². The number of hydrogen-bond acceptors (Lipinski definition) is 6. The highest BCUT2D eigenvalue weighted by molar-refractivity contribution is 6.28. The van der Waals surface area contributed by atoms with E-state index in [9.17, 15) is 19.8 Å². The van der Waals surface area contributed by atoms with Gasteiger partial charge < -0.3 is 19.7 Å². The number of aromatic hydroxyl groups is 1. The van der Waals surface area contributed by atoms with Gasteiger partial charge in [-0.25, -0.2) is 0 Å². The molecule has 0 amide bonds. The second-order valence-electron chi connectivity index (χ2n) is 5.27. The van der Waals surface area contributed by atoms with Crippen molar-refractivity contribution in [3.8, 4) is 11.5 Å². The molecule has 2 N–H and O–H groups in total. The SMILES string of the molecule is C=C(C)[C@@H]1OC2=C(C(=O)c3c(ccc(OC)c3O)C2=O)[C@@H]1O. The lowest BCUT2D eigenvalue weighted by molar-refractivity contribution is 0.0644. The summed E-state index contributed by atoms with van der Waals surface area (Å²) in [5.74, 6) is -1.71. The third-order valence-electron chi connectivity index (χ3n) is 3.84. The molecular weight excluding hydrogens is 288 g/mol. The summed E-state index contributed by atoms with van der Waals surface area (Å²) in [7, 11) is 1.34. The lowest BCUT2D eigenvalue weighted by Crippen LogP contribution is -2.28. The molecule has 0 radical (unpaired) electrons. The lowest BCUT2D eigenvalue weighted by Gasteiger charge is -2.18. The van der Waals surface area contributed by atoms with Gasteiger partial charge in [0.05, 0.1) is 18.2 Å². The fraction of sp³-hybridized carbons (Fsp3) is 0.250. The van der Waals surface area contributed by atoms with Gasteiger partial charge in [0, 0.05) is 5.56 Å². The van der Waals surface area contributed by atoms with Gasteiger partial charge in [0.1, 0.15) is 12.2 Å². The van der Waals surface area contributed by atoms with Crippen LogP contribution in [0.2, 0.25) is 0 Å². The summed E-state index contributed by atoms with van der Waals surface area (Å²) in [5, 5.41) is 20.4. The Morgan fingerprint density at radius 3 is 2.59 bits per heavy atom. The predicted octanol–water partition coefficient (Wildman–Crippen LogP) is 1.37. The van der Waals surface area contributed by atoms with Crippen molar-refractivity contribution >= 4 is 11.6 Å². The quantitative estimate of drug-likeness (QED) is 0.802. The van der Waals surface area contributed by atoms with Crippen molar-refractivity contribution in [2.75, 3.05) is 7.11 Å². The normalized spacial score (nSPS) is 23.0. The zero-order chi connectivity index (χ0) is 16.2. The largest absolute Gasteiger partial charge is 0.504 e. The maximum absolute atomic E-state index is 12.6. The van der Waals surface area contributed by atoms with Crippen LogP contribution in [0.25, 0.3) is 0 Å². The number of ether oxygens (including phenoxy) is 2. The monoisotopic (exact) mass is 302 g/mol. The van der Waals surface area contributed by atoms with Crippen LogP contribution in [-0.2, 0) is 4.74 Å². The molecule has 1 heterocycles. The van der Waals surface area contributed by atoms with Gasteiger partial charge in [-0.1, -0.05) is 6.58 Å². The fourth-order valence-electron chi connectivity index (χ4n) is 2.74. The zero-order valence-electron chi connectivity index (χ0n) is 12.0. The Morgan fingerprint density at radius 2 is 2.00 bits per heavy atom. The van der Waals surface area contributed by atoms with Crippen LogP contribution in [-0.4, -0.2) is 41.1 Å². The number of benzene rings is 1. The molecule has 0 fully saturated rings. The van der Waals surface area contributed by atoms with Crippen LogP contribution in [0, 0.1) is 0 Å². The van der Waals surface area contributed by atoms with E-state index in [2.05, 4.69) is 6.58 Å². The minimum atomic E-state index is -1.29. The van der Waals surface area contributed by atoms with Crippen molar-refractivity contribution in [2.24, 2.45) is 0 Å². The van der Waals surface area contributed by atoms with Crippen molar-refractivity contribution in [1.29, 1.82) is 0 Å². The molecule has 3 rings (SSSR count). The first-order chi connectivity index (χ1) is 10.4. The van der Waals surface area contributed by atoms with Gasteiger partial charge in [0.15, 0.2) is 23.0 Å². The minimum absolute atomic E-state index is 0.0246. The second kappa shape index (κ2) is 4.71.